The van der Waals surface area contributed by atoms with Crippen LogP contribution in [0.1, 0.15) is 32.2 Å². The van der Waals surface area contributed by atoms with E-state index in [1.165, 1.54) is 10.4 Å². The van der Waals surface area contributed by atoms with Crippen molar-refractivity contribution in [2.45, 2.75) is 39.5 Å². The number of aromatic nitrogens is 4. The second-order valence-electron chi connectivity index (χ2n) is 5.73. The molecular weight excluding hydrogens is 254 g/mol. The fraction of sp³-hybridized carbons (Fsp3) is 0.500. The average Bonchev–Trinajstić information content (AvgIpc) is 2.80. The number of aryl methyl sites for hydroxylation is 1. The zero-order valence-corrected chi connectivity index (χ0v) is 12.4. The van der Waals surface area contributed by atoms with Crippen LogP contribution in [0.25, 0.3) is 0 Å². The Morgan fingerprint density at radius 1 is 1.20 bits per heavy atom. The summed E-state index contributed by atoms with van der Waals surface area (Å²) in [6.45, 7) is 7.62. The molecule has 0 saturated carbocycles. The zero-order valence-electron chi connectivity index (χ0n) is 12.4. The van der Waals surface area contributed by atoms with Gasteiger partial charge in [0.05, 0.1) is 7.05 Å². The third-order valence-corrected chi connectivity index (χ3v) is 2.66. The maximum absolute atomic E-state index is 5.61. The molecular formula is C14H21N5O. The molecule has 1 aromatic carbocycles. The van der Waals surface area contributed by atoms with E-state index in [4.69, 9.17) is 4.74 Å². The maximum Gasteiger partial charge on any atom is 0.212 e. The first-order valence-electron chi connectivity index (χ1n) is 6.62. The second kappa shape index (κ2) is 6.00. The topological polar surface area (TPSA) is 64.9 Å². The number of benzene rings is 1. The Bertz CT molecular complexity index is 541. The normalized spacial score (nSPS) is 11.6. The van der Waals surface area contributed by atoms with Crippen LogP contribution >= 0.6 is 0 Å². The van der Waals surface area contributed by atoms with E-state index in [1.807, 2.05) is 12.1 Å². The average molecular weight is 275 g/mol. The number of hydrogen-bond donors (Lipinski definition) is 1. The fourth-order valence-electron chi connectivity index (χ4n) is 1.60. The van der Waals surface area contributed by atoms with Gasteiger partial charge in [-0.05, 0) is 43.7 Å². The summed E-state index contributed by atoms with van der Waals surface area (Å²) in [6, 6.07) is 8.02. The Hall–Kier alpha value is -1.95. The van der Waals surface area contributed by atoms with E-state index in [1.54, 1.807) is 7.05 Å². The van der Waals surface area contributed by atoms with Gasteiger partial charge in [-0.1, -0.05) is 12.1 Å². The van der Waals surface area contributed by atoms with E-state index in [2.05, 4.69) is 53.6 Å². The van der Waals surface area contributed by atoms with Crippen molar-refractivity contribution in [3.8, 4) is 5.75 Å². The summed E-state index contributed by atoms with van der Waals surface area (Å²) in [5.41, 5.74) is 1.34. The molecule has 0 radical (unpaired) electrons. The van der Waals surface area contributed by atoms with Crippen molar-refractivity contribution in [2.24, 2.45) is 7.05 Å². The quantitative estimate of drug-likeness (QED) is 0.899. The van der Waals surface area contributed by atoms with Crippen molar-refractivity contribution in [1.82, 2.24) is 25.5 Å². The van der Waals surface area contributed by atoms with E-state index in [9.17, 15) is 0 Å². The first-order chi connectivity index (χ1) is 9.42. The molecule has 2 rings (SSSR count). The van der Waals surface area contributed by atoms with Crippen LogP contribution in [0.15, 0.2) is 24.3 Å². The first-order valence-corrected chi connectivity index (χ1v) is 6.62. The number of ether oxygens (including phenoxy) is 1. The third kappa shape index (κ3) is 4.62. The molecule has 0 aliphatic carbocycles. The van der Waals surface area contributed by atoms with Gasteiger partial charge in [-0.3, -0.25) is 0 Å². The lowest BCUT2D eigenvalue weighted by atomic mass is 10.1. The van der Waals surface area contributed by atoms with Crippen LogP contribution in [0.2, 0.25) is 0 Å². The maximum atomic E-state index is 5.61. The van der Waals surface area contributed by atoms with Gasteiger partial charge < -0.3 is 10.1 Å². The minimum absolute atomic E-state index is 0.118. The minimum Gasteiger partial charge on any atom is -0.485 e. The Balaban J connectivity index is 1.85. The van der Waals surface area contributed by atoms with Crippen molar-refractivity contribution in [1.29, 1.82) is 0 Å². The minimum atomic E-state index is 0.118. The summed E-state index contributed by atoms with van der Waals surface area (Å²) in [5.74, 6) is 1.38. The molecule has 108 valence electrons. The second-order valence-corrected chi connectivity index (χ2v) is 5.73. The summed E-state index contributed by atoms with van der Waals surface area (Å²) >= 11 is 0. The van der Waals surface area contributed by atoms with E-state index < -0.39 is 0 Å². The smallest absolute Gasteiger partial charge is 0.212 e. The molecule has 0 atom stereocenters. The standard InChI is InChI=1S/C14H21N5O/c1-14(2,3)15-9-11-5-7-12(8-6-11)20-10-13-16-18-19(4)17-13/h5-8,15H,9-10H2,1-4H3. The molecule has 0 spiro atoms. The summed E-state index contributed by atoms with van der Waals surface area (Å²) < 4.78 is 5.61. The number of nitrogens with zero attached hydrogens (tertiary/aromatic N) is 4. The lowest BCUT2D eigenvalue weighted by molar-refractivity contribution is 0.295. The number of nitrogens with one attached hydrogen (secondary N) is 1. The summed E-state index contributed by atoms with van der Waals surface area (Å²) in [5, 5.41) is 15.1. The summed E-state index contributed by atoms with van der Waals surface area (Å²) in [6.07, 6.45) is 0. The molecule has 1 N–H and O–H groups in total. The van der Waals surface area contributed by atoms with Crippen molar-refractivity contribution in [3.63, 3.8) is 0 Å². The van der Waals surface area contributed by atoms with Gasteiger partial charge in [-0.15, -0.1) is 10.2 Å². The molecule has 0 unspecified atom stereocenters. The van der Waals surface area contributed by atoms with Crippen LogP contribution in [0.5, 0.6) is 5.75 Å². The third-order valence-electron chi connectivity index (χ3n) is 2.66. The van der Waals surface area contributed by atoms with Gasteiger partial charge in [-0.25, -0.2) is 0 Å². The Labute approximate surface area is 119 Å². The number of tetrazole rings is 1. The van der Waals surface area contributed by atoms with E-state index in [0.717, 1.165) is 12.3 Å². The molecule has 0 aliphatic rings. The van der Waals surface area contributed by atoms with Crippen LogP contribution in [-0.2, 0) is 20.2 Å². The van der Waals surface area contributed by atoms with Crippen LogP contribution in [0.3, 0.4) is 0 Å². The highest BCUT2D eigenvalue weighted by Crippen LogP contribution is 2.14. The highest BCUT2D eigenvalue weighted by Gasteiger charge is 2.08. The van der Waals surface area contributed by atoms with Crippen LogP contribution < -0.4 is 10.1 Å². The largest absolute Gasteiger partial charge is 0.485 e. The van der Waals surface area contributed by atoms with Gasteiger partial charge in [0.1, 0.15) is 5.75 Å². The van der Waals surface area contributed by atoms with Crippen LogP contribution in [-0.4, -0.2) is 25.7 Å². The van der Waals surface area contributed by atoms with E-state index in [0.29, 0.717) is 12.4 Å². The van der Waals surface area contributed by atoms with E-state index >= 15 is 0 Å². The Morgan fingerprint density at radius 2 is 1.90 bits per heavy atom. The first kappa shape index (κ1) is 14.5. The number of hydrogen-bond acceptors (Lipinski definition) is 5. The highest BCUT2D eigenvalue weighted by atomic mass is 16.5. The van der Waals surface area contributed by atoms with Crippen LogP contribution in [0, 0.1) is 0 Å². The van der Waals surface area contributed by atoms with Crippen molar-refractivity contribution < 1.29 is 4.74 Å². The van der Waals surface area contributed by atoms with Gasteiger partial charge in [0.25, 0.3) is 0 Å². The molecule has 1 aromatic heterocycles. The fourth-order valence-corrected chi connectivity index (χ4v) is 1.60. The van der Waals surface area contributed by atoms with Crippen LogP contribution in [0.4, 0.5) is 0 Å². The summed E-state index contributed by atoms with van der Waals surface area (Å²) in [7, 11) is 1.73. The highest BCUT2D eigenvalue weighted by molar-refractivity contribution is 5.27. The molecule has 0 fully saturated rings. The van der Waals surface area contributed by atoms with Gasteiger partial charge in [-0.2, -0.15) is 4.80 Å². The summed E-state index contributed by atoms with van der Waals surface area (Å²) in [4.78, 5) is 1.42. The van der Waals surface area contributed by atoms with Gasteiger partial charge in [0, 0.05) is 12.1 Å². The molecule has 0 bridgehead atoms. The zero-order chi connectivity index (χ0) is 14.6. The Kier molecular flexibility index (Phi) is 4.34. The monoisotopic (exact) mass is 275 g/mol. The predicted octanol–water partition coefficient (Wildman–Crippen LogP) is 1.68. The van der Waals surface area contributed by atoms with Gasteiger partial charge >= 0.3 is 0 Å². The molecule has 0 aliphatic heterocycles. The Morgan fingerprint density at radius 3 is 2.45 bits per heavy atom. The predicted molar refractivity (Wildman–Crippen MR) is 76.2 cm³/mol. The van der Waals surface area contributed by atoms with Gasteiger partial charge in [0.15, 0.2) is 6.61 Å². The lowest BCUT2D eigenvalue weighted by Gasteiger charge is -2.20. The van der Waals surface area contributed by atoms with Crippen molar-refractivity contribution in [3.05, 3.63) is 35.7 Å². The van der Waals surface area contributed by atoms with Crippen molar-refractivity contribution in [2.75, 3.05) is 0 Å². The SMILES string of the molecule is Cn1nnc(COc2ccc(CNC(C)(C)C)cc2)n1. The molecule has 2 aromatic rings. The van der Waals surface area contributed by atoms with E-state index in [-0.39, 0.29) is 5.54 Å². The lowest BCUT2D eigenvalue weighted by Crippen LogP contribution is -2.34. The molecule has 0 saturated heterocycles. The van der Waals surface area contributed by atoms with Gasteiger partial charge in [0.2, 0.25) is 5.82 Å². The van der Waals surface area contributed by atoms with Crippen molar-refractivity contribution >= 4 is 0 Å². The molecule has 0 amide bonds. The molecule has 1 heterocycles. The number of rotatable bonds is 5. The molecule has 20 heavy (non-hydrogen) atoms. The molecule has 6 heteroatoms. The molecule has 6 nitrogen and oxygen atoms in total.